The van der Waals surface area contributed by atoms with Gasteiger partial charge in [-0.2, -0.15) is 0 Å². The molecular weight excluding hydrogens is 376 g/mol. The van der Waals surface area contributed by atoms with Gasteiger partial charge in [0.05, 0.1) is 0 Å². The van der Waals surface area contributed by atoms with Crippen molar-refractivity contribution in [2.24, 2.45) is 0 Å². The van der Waals surface area contributed by atoms with Crippen molar-refractivity contribution in [2.45, 2.75) is 5.54 Å². The first-order valence-electron chi connectivity index (χ1n) is 9.71. The minimum Gasteiger partial charge on any atom is -0.364 e. The van der Waals surface area contributed by atoms with Crippen LogP contribution >= 0.6 is 0 Å². The first-order valence-corrected chi connectivity index (χ1v) is 9.71. The molecule has 0 saturated heterocycles. The van der Waals surface area contributed by atoms with Crippen LogP contribution in [0.3, 0.4) is 0 Å². The van der Waals surface area contributed by atoms with Gasteiger partial charge in [0.1, 0.15) is 0 Å². The van der Waals surface area contributed by atoms with Crippen LogP contribution in [-0.2, 0) is 10.3 Å². The maximum absolute atomic E-state index is 13.5. The number of rotatable bonds is 4. The van der Waals surface area contributed by atoms with Crippen LogP contribution in [0.2, 0.25) is 0 Å². The Balaban J connectivity index is 1.78. The Morgan fingerprint density at radius 1 is 0.933 bits per heavy atom. The lowest BCUT2D eigenvalue weighted by Gasteiger charge is -2.30. The SMILES string of the molecule is CNC(=O)c1ccc2[nH]cc(C3(Nc4ccccc4)C(=O)Nc4ccccc43)c2c1. The topological polar surface area (TPSA) is 86.0 Å². The standard InChI is InChI=1S/C24H20N4O2/c1-25-22(29)15-11-12-20-17(13-15)19(14-26-20)24(28-16-7-3-2-4-8-16)18-9-5-6-10-21(18)27-23(24)30/h2-14,26,28H,1H3,(H,25,29)(H,27,30). The molecule has 2 amide bonds. The summed E-state index contributed by atoms with van der Waals surface area (Å²) in [6.07, 6.45) is 1.84. The number of amides is 2. The van der Waals surface area contributed by atoms with Gasteiger partial charge in [-0.1, -0.05) is 36.4 Å². The molecule has 6 heteroatoms. The van der Waals surface area contributed by atoms with Crippen LogP contribution < -0.4 is 16.0 Å². The Kier molecular flexibility index (Phi) is 4.06. The van der Waals surface area contributed by atoms with Crippen molar-refractivity contribution in [1.29, 1.82) is 0 Å². The van der Waals surface area contributed by atoms with Gasteiger partial charge in [0.15, 0.2) is 5.54 Å². The average Bonchev–Trinajstić information content (AvgIpc) is 3.33. The lowest BCUT2D eigenvalue weighted by molar-refractivity contribution is -0.118. The maximum atomic E-state index is 13.5. The molecule has 0 radical (unpaired) electrons. The van der Waals surface area contributed by atoms with Crippen molar-refractivity contribution in [3.8, 4) is 0 Å². The normalized spacial score (nSPS) is 17.4. The average molecular weight is 396 g/mol. The van der Waals surface area contributed by atoms with E-state index in [4.69, 9.17) is 0 Å². The minimum atomic E-state index is -1.14. The Bertz CT molecular complexity index is 1280. The highest BCUT2D eigenvalue weighted by Gasteiger charge is 2.49. The summed E-state index contributed by atoms with van der Waals surface area (Å²) in [6.45, 7) is 0. The Morgan fingerprint density at radius 2 is 1.70 bits per heavy atom. The van der Waals surface area contributed by atoms with Crippen molar-refractivity contribution in [2.75, 3.05) is 17.7 Å². The van der Waals surface area contributed by atoms with Gasteiger partial charge in [0, 0.05) is 52.2 Å². The van der Waals surface area contributed by atoms with E-state index >= 15 is 0 Å². The van der Waals surface area contributed by atoms with Crippen LogP contribution in [0.25, 0.3) is 10.9 Å². The number of carbonyl (C=O) groups excluding carboxylic acids is 2. The smallest absolute Gasteiger partial charge is 0.259 e. The molecule has 0 bridgehead atoms. The minimum absolute atomic E-state index is 0.168. The number of para-hydroxylation sites is 2. The fraction of sp³-hybridized carbons (Fsp3) is 0.0833. The number of hydrogen-bond donors (Lipinski definition) is 4. The van der Waals surface area contributed by atoms with Gasteiger partial charge >= 0.3 is 0 Å². The molecule has 4 aromatic rings. The van der Waals surface area contributed by atoms with Crippen LogP contribution in [0.1, 0.15) is 21.5 Å². The van der Waals surface area contributed by atoms with Gasteiger partial charge < -0.3 is 20.9 Å². The second-order valence-corrected chi connectivity index (χ2v) is 7.28. The number of fused-ring (bicyclic) bond motifs is 2. The van der Waals surface area contributed by atoms with Crippen molar-refractivity contribution >= 4 is 34.1 Å². The van der Waals surface area contributed by atoms with E-state index in [0.29, 0.717) is 5.56 Å². The zero-order chi connectivity index (χ0) is 20.7. The molecule has 5 rings (SSSR count). The first-order chi connectivity index (χ1) is 14.6. The monoisotopic (exact) mass is 396 g/mol. The number of benzene rings is 3. The summed E-state index contributed by atoms with van der Waals surface area (Å²) in [4.78, 5) is 29.0. The van der Waals surface area contributed by atoms with Crippen LogP contribution in [0, 0.1) is 0 Å². The highest BCUT2D eigenvalue weighted by molar-refractivity contribution is 6.13. The number of aromatic amines is 1. The highest BCUT2D eigenvalue weighted by atomic mass is 16.2. The molecule has 2 heterocycles. The second-order valence-electron chi connectivity index (χ2n) is 7.28. The zero-order valence-electron chi connectivity index (χ0n) is 16.3. The summed E-state index contributed by atoms with van der Waals surface area (Å²) in [7, 11) is 1.60. The van der Waals surface area contributed by atoms with E-state index in [-0.39, 0.29) is 11.8 Å². The summed E-state index contributed by atoms with van der Waals surface area (Å²) >= 11 is 0. The van der Waals surface area contributed by atoms with Crippen LogP contribution in [0.15, 0.2) is 79.0 Å². The molecule has 1 aliphatic heterocycles. The van der Waals surface area contributed by atoms with E-state index in [0.717, 1.165) is 33.4 Å². The molecule has 30 heavy (non-hydrogen) atoms. The number of H-pyrrole nitrogens is 1. The van der Waals surface area contributed by atoms with E-state index in [1.165, 1.54) is 0 Å². The predicted molar refractivity (Wildman–Crippen MR) is 118 cm³/mol. The Labute approximate surface area is 173 Å². The summed E-state index contributed by atoms with van der Waals surface area (Å²) in [5, 5.41) is 9.97. The van der Waals surface area contributed by atoms with Gasteiger partial charge in [-0.15, -0.1) is 0 Å². The van der Waals surface area contributed by atoms with Gasteiger partial charge in [-0.25, -0.2) is 0 Å². The molecule has 1 unspecified atom stereocenters. The number of anilines is 2. The summed E-state index contributed by atoms with van der Waals surface area (Å²) in [5.41, 5.74) is 3.43. The molecule has 1 atom stereocenters. The molecule has 0 spiro atoms. The van der Waals surface area contributed by atoms with Gasteiger partial charge in [-0.05, 0) is 36.4 Å². The van der Waals surface area contributed by atoms with E-state index in [1.54, 1.807) is 13.1 Å². The van der Waals surface area contributed by atoms with Gasteiger partial charge in [0.2, 0.25) is 0 Å². The second kappa shape index (κ2) is 6.77. The number of hydrogen-bond acceptors (Lipinski definition) is 3. The molecule has 148 valence electrons. The van der Waals surface area contributed by atoms with Crippen LogP contribution in [0.4, 0.5) is 11.4 Å². The van der Waals surface area contributed by atoms with Crippen LogP contribution in [-0.4, -0.2) is 23.8 Å². The summed E-state index contributed by atoms with van der Waals surface area (Å²) in [5.74, 6) is -0.343. The first kappa shape index (κ1) is 18.0. The zero-order valence-corrected chi connectivity index (χ0v) is 16.3. The molecule has 1 aromatic heterocycles. The summed E-state index contributed by atoms with van der Waals surface area (Å²) in [6, 6.07) is 22.8. The third-order valence-corrected chi connectivity index (χ3v) is 5.60. The van der Waals surface area contributed by atoms with E-state index in [1.807, 2.05) is 72.9 Å². The number of nitrogens with one attached hydrogen (secondary N) is 4. The molecule has 1 aliphatic rings. The summed E-state index contributed by atoms with van der Waals surface area (Å²) < 4.78 is 0. The van der Waals surface area contributed by atoms with Crippen molar-refractivity contribution in [1.82, 2.24) is 10.3 Å². The van der Waals surface area contributed by atoms with Crippen LogP contribution in [0.5, 0.6) is 0 Å². The lowest BCUT2D eigenvalue weighted by Crippen LogP contribution is -2.43. The molecule has 0 aliphatic carbocycles. The van der Waals surface area contributed by atoms with Gasteiger partial charge in [0.25, 0.3) is 11.8 Å². The fourth-order valence-electron chi connectivity index (χ4n) is 4.17. The third-order valence-electron chi connectivity index (χ3n) is 5.60. The largest absolute Gasteiger partial charge is 0.364 e. The highest BCUT2D eigenvalue weighted by Crippen LogP contribution is 2.45. The molecular formula is C24H20N4O2. The molecule has 0 fully saturated rings. The maximum Gasteiger partial charge on any atom is 0.259 e. The van der Waals surface area contributed by atoms with E-state index in [2.05, 4.69) is 20.9 Å². The molecule has 4 N–H and O–H groups in total. The Hall–Kier alpha value is -4.06. The van der Waals surface area contributed by atoms with Crippen molar-refractivity contribution in [3.63, 3.8) is 0 Å². The Morgan fingerprint density at radius 3 is 2.50 bits per heavy atom. The number of aromatic nitrogens is 1. The molecule has 0 saturated carbocycles. The molecule has 6 nitrogen and oxygen atoms in total. The quantitative estimate of drug-likeness (QED) is 0.423. The van der Waals surface area contributed by atoms with E-state index in [9.17, 15) is 9.59 Å². The van der Waals surface area contributed by atoms with Crippen molar-refractivity contribution in [3.05, 3.63) is 95.7 Å². The fourth-order valence-corrected chi connectivity index (χ4v) is 4.17. The number of carbonyl (C=O) groups is 2. The van der Waals surface area contributed by atoms with E-state index < -0.39 is 5.54 Å². The lowest BCUT2D eigenvalue weighted by atomic mass is 9.83. The van der Waals surface area contributed by atoms with Crippen molar-refractivity contribution < 1.29 is 9.59 Å². The predicted octanol–water partition coefficient (Wildman–Crippen LogP) is 3.84. The third kappa shape index (κ3) is 2.58. The molecule has 3 aromatic carbocycles. The van der Waals surface area contributed by atoms with Gasteiger partial charge in [-0.3, -0.25) is 9.59 Å².